The fourth-order valence-corrected chi connectivity index (χ4v) is 2.92. The zero-order valence-electron chi connectivity index (χ0n) is 9.27. The van der Waals surface area contributed by atoms with Crippen molar-refractivity contribution in [3.8, 4) is 0 Å². The highest BCUT2D eigenvalue weighted by atomic mass is 14.6. The van der Waals surface area contributed by atoms with Crippen molar-refractivity contribution in [2.75, 3.05) is 0 Å². The van der Waals surface area contributed by atoms with Crippen LogP contribution in [-0.4, -0.2) is 0 Å². The van der Waals surface area contributed by atoms with Gasteiger partial charge in [-0.3, -0.25) is 0 Å². The number of hydrogen-bond acceptors (Lipinski definition) is 0. The van der Waals surface area contributed by atoms with Crippen LogP contribution < -0.4 is 0 Å². The second-order valence-corrected chi connectivity index (χ2v) is 5.64. The lowest BCUT2D eigenvalue weighted by Gasteiger charge is -2.45. The molecule has 0 N–H and O–H groups in total. The van der Waals surface area contributed by atoms with Crippen LogP contribution in [0.3, 0.4) is 0 Å². The lowest BCUT2D eigenvalue weighted by molar-refractivity contribution is 0.0654. The lowest BCUT2D eigenvalue weighted by Crippen LogP contribution is -2.36. The van der Waals surface area contributed by atoms with Crippen molar-refractivity contribution >= 4 is 0 Å². The molecule has 2 fully saturated rings. The summed E-state index contributed by atoms with van der Waals surface area (Å²) in [4.78, 5) is 0. The van der Waals surface area contributed by atoms with Crippen molar-refractivity contribution in [3.05, 3.63) is 12.2 Å². The van der Waals surface area contributed by atoms with Gasteiger partial charge in [0.1, 0.15) is 0 Å². The van der Waals surface area contributed by atoms with Gasteiger partial charge in [0.2, 0.25) is 0 Å². The molecule has 3 unspecified atom stereocenters. The van der Waals surface area contributed by atoms with Crippen molar-refractivity contribution in [2.24, 2.45) is 23.2 Å². The van der Waals surface area contributed by atoms with Crippen LogP contribution in [0.1, 0.15) is 46.5 Å². The van der Waals surface area contributed by atoms with Crippen LogP contribution in [0.15, 0.2) is 12.2 Å². The first-order chi connectivity index (χ1) is 6.04. The van der Waals surface area contributed by atoms with E-state index in [4.69, 9.17) is 0 Å². The van der Waals surface area contributed by atoms with E-state index < -0.39 is 0 Å². The van der Waals surface area contributed by atoms with E-state index in [2.05, 4.69) is 27.4 Å². The van der Waals surface area contributed by atoms with E-state index in [1.807, 2.05) is 0 Å². The van der Waals surface area contributed by atoms with E-state index >= 15 is 0 Å². The Morgan fingerprint density at radius 3 is 2.31 bits per heavy atom. The molecule has 2 rings (SSSR count). The van der Waals surface area contributed by atoms with Crippen LogP contribution in [0.4, 0.5) is 0 Å². The number of rotatable bonds is 3. The van der Waals surface area contributed by atoms with Crippen molar-refractivity contribution in [1.82, 2.24) is 0 Å². The van der Waals surface area contributed by atoms with Gasteiger partial charge in [0.05, 0.1) is 0 Å². The highest BCUT2D eigenvalue weighted by Crippen LogP contribution is 2.62. The molecular formula is C13H22. The molecule has 13 heavy (non-hydrogen) atoms. The Morgan fingerprint density at radius 1 is 1.38 bits per heavy atom. The fourth-order valence-electron chi connectivity index (χ4n) is 2.92. The summed E-state index contributed by atoms with van der Waals surface area (Å²) in [5.41, 5.74) is 2.13. The van der Waals surface area contributed by atoms with E-state index in [0.717, 1.165) is 23.2 Å². The summed E-state index contributed by atoms with van der Waals surface area (Å²) in [6, 6.07) is 0. The first kappa shape index (κ1) is 9.30. The summed E-state index contributed by atoms with van der Waals surface area (Å²) in [5, 5.41) is 0. The number of hydrogen-bond donors (Lipinski definition) is 0. The third-order valence-electron chi connectivity index (χ3n) is 4.68. The molecule has 0 heterocycles. The van der Waals surface area contributed by atoms with Crippen molar-refractivity contribution in [1.29, 1.82) is 0 Å². The Balaban J connectivity index is 1.98. The number of allylic oxidation sites excluding steroid dienone is 1. The van der Waals surface area contributed by atoms with Gasteiger partial charge in [-0.2, -0.15) is 0 Å². The molecule has 0 aliphatic heterocycles. The van der Waals surface area contributed by atoms with Crippen LogP contribution in [0.25, 0.3) is 0 Å². The maximum absolute atomic E-state index is 4.09. The van der Waals surface area contributed by atoms with E-state index in [0.29, 0.717) is 0 Å². The summed E-state index contributed by atoms with van der Waals surface area (Å²) in [5.74, 6) is 2.75. The van der Waals surface area contributed by atoms with Gasteiger partial charge >= 0.3 is 0 Å². The van der Waals surface area contributed by atoms with Gasteiger partial charge in [-0.25, -0.2) is 0 Å². The molecule has 0 aromatic rings. The average molecular weight is 178 g/mol. The normalized spacial score (nSPS) is 37.8. The largest absolute Gasteiger partial charge is 0.0999 e. The van der Waals surface area contributed by atoms with Crippen LogP contribution in [0, 0.1) is 23.2 Å². The average Bonchev–Trinajstić information content (AvgIpc) is 2.65. The van der Waals surface area contributed by atoms with E-state index in [1.165, 1.54) is 31.3 Å². The highest BCUT2D eigenvalue weighted by Gasteiger charge is 2.52. The molecule has 2 aliphatic carbocycles. The Morgan fingerprint density at radius 2 is 2.00 bits per heavy atom. The molecule has 3 atom stereocenters. The molecule has 0 amide bonds. The van der Waals surface area contributed by atoms with E-state index in [-0.39, 0.29) is 0 Å². The predicted octanol–water partition coefficient (Wildman–Crippen LogP) is 4.02. The zero-order valence-corrected chi connectivity index (χ0v) is 9.27. The molecule has 2 aliphatic rings. The van der Waals surface area contributed by atoms with Crippen LogP contribution in [-0.2, 0) is 0 Å². The second-order valence-electron chi connectivity index (χ2n) is 5.64. The highest BCUT2D eigenvalue weighted by molar-refractivity contribution is 5.07. The molecule has 74 valence electrons. The maximum Gasteiger partial charge on any atom is -0.0206 e. The molecule has 0 aromatic heterocycles. The lowest BCUT2D eigenvalue weighted by atomic mass is 9.60. The Bertz CT molecular complexity index is 222. The van der Waals surface area contributed by atoms with Gasteiger partial charge in [0.15, 0.2) is 0 Å². The zero-order chi connectivity index (χ0) is 9.64. The summed E-state index contributed by atoms with van der Waals surface area (Å²) in [6.45, 7) is 11.1. The SMILES string of the molecule is C=C(C)C(C)C1CCC1C1(C)CC1. The summed E-state index contributed by atoms with van der Waals surface area (Å²) < 4.78 is 0. The summed E-state index contributed by atoms with van der Waals surface area (Å²) >= 11 is 0. The summed E-state index contributed by atoms with van der Waals surface area (Å²) in [7, 11) is 0. The molecule has 2 saturated carbocycles. The van der Waals surface area contributed by atoms with E-state index in [9.17, 15) is 0 Å². The van der Waals surface area contributed by atoms with Crippen molar-refractivity contribution < 1.29 is 0 Å². The monoisotopic (exact) mass is 178 g/mol. The quantitative estimate of drug-likeness (QED) is 0.572. The van der Waals surface area contributed by atoms with Crippen LogP contribution in [0.2, 0.25) is 0 Å². The minimum absolute atomic E-state index is 0.743. The predicted molar refractivity (Wildman–Crippen MR) is 57.5 cm³/mol. The maximum atomic E-state index is 4.09. The Hall–Kier alpha value is -0.260. The van der Waals surface area contributed by atoms with Gasteiger partial charge in [0, 0.05) is 0 Å². The van der Waals surface area contributed by atoms with E-state index in [1.54, 1.807) is 0 Å². The minimum Gasteiger partial charge on any atom is -0.0999 e. The molecule has 0 saturated heterocycles. The van der Waals surface area contributed by atoms with Gasteiger partial charge in [-0.1, -0.05) is 26.0 Å². The van der Waals surface area contributed by atoms with Crippen LogP contribution in [0.5, 0.6) is 0 Å². The topological polar surface area (TPSA) is 0 Å². The van der Waals surface area contributed by atoms with Gasteiger partial charge in [0.25, 0.3) is 0 Å². The molecule has 0 radical (unpaired) electrons. The Kier molecular flexibility index (Phi) is 2.05. The molecule has 0 spiro atoms. The standard InChI is InChI=1S/C13H22/c1-9(2)10(3)11-5-6-12(11)13(4)7-8-13/h10-12H,1,5-8H2,2-4H3. The third-order valence-corrected chi connectivity index (χ3v) is 4.68. The summed E-state index contributed by atoms with van der Waals surface area (Å²) in [6.07, 6.45) is 5.90. The second kappa shape index (κ2) is 2.87. The first-order valence-electron chi connectivity index (χ1n) is 5.70. The molecule has 0 aromatic carbocycles. The molecule has 0 bridgehead atoms. The minimum atomic E-state index is 0.743. The fraction of sp³-hybridized carbons (Fsp3) is 0.846. The Labute approximate surface area is 82.4 Å². The first-order valence-corrected chi connectivity index (χ1v) is 5.70. The van der Waals surface area contributed by atoms with Crippen molar-refractivity contribution in [3.63, 3.8) is 0 Å². The molecule has 0 heteroatoms. The van der Waals surface area contributed by atoms with Crippen molar-refractivity contribution in [2.45, 2.75) is 46.5 Å². The molecular weight excluding hydrogens is 156 g/mol. The van der Waals surface area contributed by atoms with Gasteiger partial charge in [-0.05, 0) is 55.8 Å². The van der Waals surface area contributed by atoms with Crippen LogP contribution >= 0.6 is 0 Å². The molecule has 0 nitrogen and oxygen atoms in total. The van der Waals surface area contributed by atoms with Gasteiger partial charge < -0.3 is 0 Å². The van der Waals surface area contributed by atoms with Gasteiger partial charge in [-0.15, -0.1) is 0 Å². The third kappa shape index (κ3) is 1.45. The smallest absolute Gasteiger partial charge is 0.0206 e.